The van der Waals surface area contributed by atoms with Crippen LogP contribution in [0.5, 0.6) is 0 Å². The van der Waals surface area contributed by atoms with Crippen molar-refractivity contribution in [3.05, 3.63) is 29.8 Å². The average Bonchev–Trinajstić information content (AvgIpc) is 2.87. The second kappa shape index (κ2) is 6.56. The Balaban J connectivity index is 2.08. The maximum atomic E-state index is 11.6. The summed E-state index contributed by atoms with van der Waals surface area (Å²) in [4.78, 5) is 11.6. The van der Waals surface area contributed by atoms with Crippen molar-refractivity contribution in [1.82, 2.24) is 15.5 Å². The van der Waals surface area contributed by atoms with Crippen LogP contribution in [-0.4, -0.2) is 27.9 Å². The van der Waals surface area contributed by atoms with E-state index in [0.717, 1.165) is 11.1 Å². The van der Waals surface area contributed by atoms with Crippen LogP contribution in [0.3, 0.4) is 0 Å². The predicted molar refractivity (Wildman–Crippen MR) is 78.5 cm³/mol. The first-order valence-electron chi connectivity index (χ1n) is 6.45. The summed E-state index contributed by atoms with van der Waals surface area (Å²) in [7, 11) is 0. The lowest BCUT2D eigenvalue weighted by molar-refractivity contribution is -0.120. The van der Waals surface area contributed by atoms with Gasteiger partial charge in [-0.1, -0.05) is 29.5 Å². The number of rotatable bonds is 5. The van der Waals surface area contributed by atoms with Crippen molar-refractivity contribution in [2.45, 2.75) is 31.2 Å². The van der Waals surface area contributed by atoms with Crippen molar-refractivity contribution >= 4 is 17.7 Å². The summed E-state index contributed by atoms with van der Waals surface area (Å²) >= 11 is 1.26. The number of nitrogens with zero attached hydrogens (tertiary/aromatic N) is 2. The summed E-state index contributed by atoms with van der Waals surface area (Å²) in [6, 6.07) is 7.85. The zero-order chi connectivity index (χ0) is 14.5. The van der Waals surface area contributed by atoms with Crippen LogP contribution >= 0.6 is 11.8 Å². The molecule has 6 heteroatoms. The van der Waals surface area contributed by atoms with Gasteiger partial charge < -0.3 is 9.73 Å². The van der Waals surface area contributed by atoms with Gasteiger partial charge in [-0.15, -0.1) is 10.2 Å². The SMILES string of the molecule is CCNC(=O)[C@H](C)Sc1nnc(-c2cccc(C)c2)o1. The highest BCUT2D eigenvalue weighted by atomic mass is 32.2. The first-order valence-corrected chi connectivity index (χ1v) is 7.33. The number of aryl methyl sites for hydroxylation is 1. The van der Waals surface area contributed by atoms with E-state index in [0.29, 0.717) is 17.7 Å². The number of benzene rings is 1. The molecule has 1 amide bonds. The van der Waals surface area contributed by atoms with E-state index < -0.39 is 0 Å². The van der Waals surface area contributed by atoms with Crippen molar-refractivity contribution < 1.29 is 9.21 Å². The molecule has 1 atom stereocenters. The lowest BCUT2D eigenvalue weighted by Gasteiger charge is -2.07. The maximum absolute atomic E-state index is 11.6. The van der Waals surface area contributed by atoms with Gasteiger partial charge in [0.05, 0.1) is 5.25 Å². The Morgan fingerprint density at radius 2 is 2.25 bits per heavy atom. The van der Waals surface area contributed by atoms with Gasteiger partial charge in [0.25, 0.3) is 5.22 Å². The van der Waals surface area contributed by atoms with E-state index in [-0.39, 0.29) is 11.2 Å². The molecule has 2 rings (SSSR count). The summed E-state index contributed by atoms with van der Waals surface area (Å²) < 4.78 is 5.58. The van der Waals surface area contributed by atoms with Gasteiger partial charge >= 0.3 is 0 Å². The van der Waals surface area contributed by atoms with Crippen LogP contribution in [0.1, 0.15) is 19.4 Å². The Bertz CT molecular complexity index is 598. The normalized spacial score (nSPS) is 12.2. The fourth-order valence-electron chi connectivity index (χ4n) is 1.67. The molecule has 0 aliphatic rings. The summed E-state index contributed by atoms with van der Waals surface area (Å²) in [5.41, 5.74) is 2.01. The molecule has 1 aromatic carbocycles. The van der Waals surface area contributed by atoms with E-state index in [1.807, 2.05) is 45.0 Å². The number of aromatic nitrogens is 2. The first-order chi connectivity index (χ1) is 9.60. The zero-order valence-corrected chi connectivity index (χ0v) is 12.5. The predicted octanol–water partition coefficient (Wildman–Crippen LogP) is 2.66. The van der Waals surface area contributed by atoms with Gasteiger partial charge in [0, 0.05) is 12.1 Å². The highest BCUT2D eigenvalue weighted by molar-refractivity contribution is 8.00. The lowest BCUT2D eigenvalue weighted by Crippen LogP contribution is -2.30. The third-order valence-corrected chi connectivity index (χ3v) is 3.60. The molecular formula is C14H17N3O2S. The van der Waals surface area contributed by atoms with Crippen LogP contribution in [0.2, 0.25) is 0 Å². The van der Waals surface area contributed by atoms with Crippen LogP contribution in [-0.2, 0) is 4.79 Å². The molecule has 0 spiro atoms. The number of hydrogen-bond acceptors (Lipinski definition) is 5. The molecule has 1 aromatic heterocycles. The number of thioether (sulfide) groups is 1. The Hall–Kier alpha value is -1.82. The van der Waals surface area contributed by atoms with Crippen LogP contribution in [0.15, 0.2) is 33.9 Å². The van der Waals surface area contributed by atoms with E-state index in [9.17, 15) is 4.79 Å². The van der Waals surface area contributed by atoms with Crippen LogP contribution in [0.4, 0.5) is 0 Å². The standard InChI is InChI=1S/C14H17N3O2S/c1-4-15-12(18)10(3)20-14-17-16-13(19-14)11-7-5-6-9(2)8-11/h5-8,10H,4H2,1-3H3,(H,15,18)/t10-/m0/s1. The maximum Gasteiger partial charge on any atom is 0.277 e. The van der Waals surface area contributed by atoms with Crippen LogP contribution < -0.4 is 5.32 Å². The number of amides is 1. The molecular weight excluding hydrogens is 274 g/mol. The molecule has 20 heavy (non-hydrogen) atoms. The molecule has 0 unspecified atom stereocenters. The van der Waals surface area contributed by atoms with Gasteiger partial charge in [-0.05, 0) is 32.9 Å². The molecule has 0 bridgehead atoms. The Morgan fingerprint density at radius 3 is 2.95 bits per heavy atom. The molecule has 0 aliphatic carbocycles. The second-order valence-corrected chi connectivity index (χ2v) is 5.69. The van der Waals surface area contributed by atoms with E-state index in [2.05, 4.69) is 15.5 Å². The van der Waals surface area contributed by atoms with Crippen LogP contribution in [0, 0.1) is 6.92 Å². The topological polar surface area (TPSA) is 68.0 Å². The smallest absolute Gasteiger partial charge is 0.277 e. The largest absolute Gasteiger partial charge is 0.411 e. The molecule has 1 heterocycles. The average molecular weight is 291 g/mol. The van der Waals surface area contributed by atoms with Crippen molar-refractivity contribution in [2.24, 2.45) is 0 Å². The molecule has 0 saturated heterocycles. The van der Waals surface area contributed by atoms with Crippen molar-refractivity contribution in [1.29, 1.82) is 0 Å². The number of nitrogens with one attached hydrogen (secondary N) is 1. The lowest BCUT2D eigenvalue weighted by atomic mass is 10.1. The molecule has 0 aliphatic heterocycles. The van der Waals surface area contributed by atoms with Gasteiger partial charge in [-0.2, -0.15) is 0 Å². The minimum Gasteiger partial charge on any atom is -0.411 e. The highest BCUT2D eigenvalue weighted by Crippen LogP contribution is 2.26. The Kier molecular flexibility index (Phi) is 4.79. The molecule has 5 nitrogen and oxygen atoms in total. The van der Waals surface area contributed by atoms with Gasteiger partial charge in [0.15, 0.2) is 0 Å². The van der Waals surface area contributed by atoms with Gasteiger partial charge in [-0.25, -0.2) is 0 Å². The number of hydrogen-bond donors (Lipinski definition) is 1. The third-order valence-electron chi connectivity index (χ3n) is 2.67. The fraction of sp³-hybridized carbons (Fsp3) is 0.357. The molecule has 106 valence electrons. The van der Waals surface area contributed by atoms with Gasteiger partial charge in [-0.3, -0.25) is 4.79 Å². The zero-order valence-electron chi connectivity index (χ0n) is 11.7. The molecule has 1 N–H and O–H groups in total. The number of carbonyl (C=O) groups is 1. The van der Waals surface area contributed by atoms with Crippen molar-refractivity contribution in [2.75, 3.05) is 6.54 Å². The molecule has 0 fully saturated rings. The Morgan fingerprint density at radius 1 is 1.45 bits per heavy atom. The summed E-state index contributed by atoms with van der Waals surface area (Å²) in [6.07, 6.45) is 0. The highest BCUT2D eigenvalue weighted by Gasteiger charge is 2.18. The minimum atomic E-state index is -0.263. The minimum absolute atomic E-state index is 0.0344. The Labute approximate surface area is 122 Å². The number of carbonyl (C=O) groups excluding carboxylic acids is 1. The van der Waals surface area contributed by atoms with E-state index >= 15 is 0 Å². The molecule has 2 aromatic rings. The van der Waals surface area contributed by atoms with Crippen LogP contribution in [0.25, 0.3) is 11.5 Å². The summed E-state index contributed by atoms with van der Waals surface area (Å²) in [6.45, 7) is 6.32. The van der Waals surface area contributed by atoms with E-state index in [1.165, 1.54) is 11.8 Å². The molecule has 0 radical (unpaired) electrons. The van der Waals surface area contributed by atoms with Gasteiger partial charge in [0.2, 0.25) is 11.8 Å². The van der Waals surface area contributed by atoms with Crippen molar-refractivity contribution in [3.8, 4) is 11.5 Å². The summed E-state index contributed by atoms with van der Waals surface area (Å²) in [5, 5.41) is 10.9. The second-order valence-electron chi connectivity index (χ2n) is 4.40. The van der Waals surface area contributed by atoms with E-state index in [4.69, 9.17) is 4.42 Å². The van der Waals surface area contributed by atoms with E-state index in [1.54, 1.807) is 0 Å². The van der Waals surface area contributed by atoms with Crippen molar-refractivity contribution in [3.63, 3.8) is 0 Å². The third kappa shape index (κ3) is 3.60. The first kappa shape index (κ1) is 14.6. The molecule has 0 saturated carbocycles. The summed E-state index contributed by atoms with van der Waals surface area (Å²) in [5.74, 6) is 0.437. The fourth-order valence-corrected chi connectivity index (χ4v) is 2.38. The quantitative estimate of drug-likeness (QED) is 0.858. The van der Waals surface area contributed by atoms with Gasteiger partial charge in [0.1, 0.15) is 0 Å². The monoisotopic (exact) mass is 291 g/mol.